The predicted molar refractivity (Wildman–Crippen MR) is 111 cm³/mol. The fourth-order valence-electron chi connectivity index (χ4n) is 4.25. The second-order valence-electron chi connectivity index (χ2n) is 7.48. The molecule has 0 radical (unpaired) electrons. The fourth-order valence-corrected chi connectivity index (χ4v) is 4.25. The van der Waals surface area contributed by atoms with Crippen LogP contribution in [-0.2, 0) is 0 Å². The third-order valence-electron chi connectivity index (χ3n) is 5.96. The van der Waals surface area contributed by atoms with Gasteiger partial charge in [0.25, 0.3) is 0 Å². The molecular formula is C25H25FO. The molecule has 3 aromatic rings. The molecule has 0 amide bonds. The first-order chi connectivity index (χ1) is 13.2. The van der Waals surface area contributed by atoms with Crippen molar-refractivity contribution in [2.75, 3.05) is 7.11 Å². The third-order valence-corrected chi connectivity index (χ3v) is 5.96. The molecule has 1 aliphatic carbocycles. The highest BCUT2D eigenvalue weighted by atomic mass is 19.1. The number of allylic oxidation sites excluding steroid dienone is 1. The Kier molecular flexibility index (Phi) is 4.98. The molecule has 4 rings (SSSR count). The second-order valence-corrected chi connectivity index (χ2v) is 7.48. The quantitative estimate of drug-likeness (QED) is 0.450. The van der Waals surface area contributed by atoms with Crippen molar-refractivity contribution in [1.29, 1.82) is 0 Å². The highest BCUT2D eigenvalue weighted by Gasteiger charge is 2.21. The molecule has 0 spiro atoms. The van der Waals surface area contributed by atoms with Crippen LogP contribution in [0.5, 0.6) is 5.75 Å². The van der Waals surface area contributed by atoms with Gasteiger partial charge in [0.1, 0.15) is 11.6 Å². The maximum Gasteiger partial charge on any atom is 0.138 e. The van der Waals surface area contributed by atoms with E-state index in [1.54, 1.807) is 7.11 Å². The van der Waals surface area contributed by atoms with Crippen molar-refractivity contribution < 1.29 is 9.13 Å². The summed E-state index contributed by atoms with van der Waals surface area (Å²) in [6.45, 7) is 3.93. The Morgan fingerprint density at radius 2 is 1.70 bits per heavy atom. The van der Waals surface area contributed by atoms with Gasteiger partial charge in [0.2, 0.25) is 0 Å². The van der Waals surface area contributed by atoms with E-state index in [9.17, 15) is 0 Å². The Balaban J connectivity index is 1.65. The summed E-state index contributed by atoms with van der Waals surface area (Å²) in [5, 5.41) is 1.67. The Labute approximate surface area is 160 Å². The Hall–Kier alpha value is -2.61. The maximum absolute atomic E-state index is 15.2. The molecule has 1 nitrogen and oxygen atoms in total. The van der Waals surface area contributed by atoms with Crippen LogP contribution >= 0.6 is 0 Å². The summed E-state index contributed by atoms with van der Waals surface area (Å²) < 4.78 is 20.4. The molecule has 0 aromatic heterocycles. The summed E-state index contributed by atoms with van der Waals surface area (Å²) in [5.74, 6) is 1.86. The van der Waals surface area contributed by atoms with E-state index < -0.39 is 0 Å². The molecule has 0 aliphatic heterocycles. The van der Waals surface area contributed by atoms with Crippen LogP contribution < -0.4 is 4.74 Å². The summed E-state index contributed by atoms with van der Waals surface area (Å²) >= 11 is 0. The summed E-state index contributed by atoms with van der Waals surface area (Å²) in [4.78, 5) is 0. The minimum absolute atomic E-state index is 0.153. The molecule has 3 aromatic carbocycles. The molecule has 138 valence electrons. The number of fused-ring (bicyclic) bond motifs is 1. The monoisotopic (exact) mass is 360 g/mol. The molecule has 1 saturated carbocycles. The van der Waals surface area contributed by atoms with Crippen LogP contribution in [0.2, 0.25) is 0 Å². The van der Waals surface area contributed by atoms with E-state index in [0.717, 1.165) is 16.7 Å². The topological polar surface area (TPSA) is 9.23 Å². The predicted octanol–water partition coefficient (Wildman–Crippen LogP) is 7.11. The van der Waals surface area contributed by atoms with Crippen molar-refractivity contribution in [3.8, 4) is 16.9 Å². The van der Waals surface area contributed by atoms with Gasteiger partial charge in [-0.2, -0.15) is 0 Å². The first kappa shape index (κ1) is 17.8. The minimum Gasteiger partial charge on any atom is -0.497 e. The molecule has 2 heteroatoms. The van der Waals surface area contributed by atoms with E-state index in [-0.39, 0.29) is 5.82 Å². The van der Waals surface area contributed by atoms with Crippen LogP contribution in [0.4, 0.5) is 4.39 Å². The lowest BCUT2D eigenvalue weighted by atomic mass is 9.78. The van der Waals surface area contributed by atoms with Crippen molar-refractivity contribution in [1.82, 2.24) is 0 Å². The maximum atomic E-state index is 15.2. The SMILES string of the molecule is C=C[C@H]1CC[C@H](c2ccc3c(F)c(-c4ccc(OC)cc4)ccc3c2)CC1. The number of rotatable bonds is 4. The fraction of sp³-hybridized carbons (Fsp3) is 0.280. The van der Waals surface area contributed by atoms with Crippen molar-refractivity contribution in [2.45, 2.75) is 31.6 Å². The molecule has 0 unspecified atom stereocenters. The van der Waals surface area contributed by atoms with Crippen LogP contribution in [0.15, 0.2) is 67.3 Å². The molecule has 1 aliphatic rings. The number of benzene rings is 3. The average molecular weight is 360 g/mol. The van der Waals surface area contributed by atoms with Gasteiger partial charge in [0.05, 0.1) is 7.11 Å². The molecule has 0 bridgehead atoms. The molecule has 0 N–H and O–H groups in total. The van der Waals surface area contributed by atoms with Crippen molar-refractivity contribution >= 4 is 10.8 Å². The number of hydrogen-bond donors (Lipinski definition) is 0. The lowest BCUT2D eigenvalue weighted by Crippen LogP contribution is -2.11. The number of methoxy groups -OCH3 is 1. The van der Waals surface area contributed by atoms with Gasteiger partial charge in [-0.3, -0.25) is 0 Å². The van der Waals surface area contributed by atoms with Gasteiger partial charge in [-0.25, -0.2) is 4.39 Å². The van der Waals surface area contributed by atoms with E-state index >= 15 is 4.39 Å². The molecule has 1 fully saturated rings. The Morgan fingerprint density at radius 3 is 2.37 bits per heavy atom. The zero-order valence-corrected chi connectivity index (χ0v) is 15.7. The van der Waals surface area contributed by atoms with Crippen LogP contribution in [0.25, 0.3) is 21.9 Å². The van der Waals surface area contributed by atoms with Gasteiger partial charge in [-0.1, -0.05) is 48.5 Å². The lowest BCUT2D eigenvalue weighted by Gasteiger charge is -2.27. The molecular weight excluding hydrogens is 335 g/mol. The van der Waals surface area contributed by atoms with E-state index in [0.29, 0.717) is 22.8 Å². The zero-order chi connectivity index (χ0) is 18.8. The van der Waals surface area contributed by atoms with Crippen molar-refractivity contribution in [3.05, 3.63) is 78.6 Å². The average Bonchev–Trinajstić information content (AvgIpc) is 2.74. The van der Waals surface area contributed by atoms with Crippen molar-refractivity contribution in [2.24, 2.45) is 5.92 Å². The van der Waals surface area contributed by atoms with Crippen LogP contribution in [0.1, 0.15) is 37.2 Å². The Morgan fingerprint density at radius 1 is 0.963 bits per heavy atom. The van der Waals surface area contributed by atoms with Crippen LogP contribution in [-0.4, -0.2) is 7.11 Å². The third kappa shape index (κ3) is 3.49. The molecule has 0 atom stereocenters. The van der Waals surface area contributed by atoms with Gasteiger partial charge in [-0.05, 0) is 66.2 Å². The van der Waals surface area contributed by atoms with Gasteiger partial charge in [0, 0.05) is 10.9 Å². The molecule has 0 saturated heterocycles. The Bertz CT molecular complexity index is 950. The first-order valence-electron chi connectivity index (χ1n) is 9.68. The lowest BCUT2D eigenvalue weighted by molar-refractivity contribution is 0.376. The smallest absolute Gasteiger partial charge is 0.138 e. The zero-order valence-electron chi connectivity index (χ0n) is 15.7. The largest absolute Gasteiger partial charge is 0.497 e. The van der Waals surface area contributed by atoms with Crippen LogP contribution in [0.3, 0.4) is 0 Å². The summed E-state index contributed by atoms with van der Waals surface area (Å²) in [5.41, 5.74) is 2.83. The van der Waals surface area contributed by atoms with Gasteiger partial charge < -0.3 is 4.74 Å². The van der Waals surface area contributed by atoms with Gasteiger partial charge in [0.15, 0.2) is 0 Å². The van der Waals surface area contributed by atoms with Gasteiger partial charge >= 0.3 is 0 Å². The highest BCUT2D eigenvalue weighted by molar-refractivity contribution is 5.89. The molecule has 0 heterocycles. The van der Waals surface area contributed by atoms with E-state index in [2.05, 4.69) is 24.8 Å². The highest BCUT2D eigenvalue weighted by Crippen LogP contribution is 2.38. The number of ether oxygens (including phenoxy) is 1. The van der Waals surface area contributed by atoms with E-state index in [1.165, 1.54) is 31.2 Å². The number of hydrogen-bond acceptors (Lipinski definition) is 1. The van der Waals surface area contributed by atoms with Crippen LogP contribution in [0, 0.1) is 11.7 Å². The summed E-state index contributed by atoms with van der Waals surface area (Å²) in [6, 6.07) is 17.7. The minimum atomic E-state index is -0.153. The normalized spacial score (nSPS) is 19.8. The summed E-state index contributed by atoms with van der Waals surface area (Å²) in [7, 11) is 1.63. The van der Waals surface area contributed by atoms with Gasteiger partial charge in [-0.15, -0.1) is 6.58 Å². The van der Waals surface area contributed by atoms with E-state index in [4.69, 9.17) is 4.74 Å². The standard InChI is InChI=1S/C25H25FO/c1-3-17-4-6-18(7-5-17)20-10-14-24-21(16-20)11-15-23(25(24)26)19-8-12-22(27-2)13-9-19/h3,8-18H,1,4-7H2,2H3/t17-,18-. The molecule has 27 heavy (non-hydrogen) atoms. The van der Waals surface area contributed by atoms with Crippen molar-refractivity contribution in [3.63, 3.8) is 0 Å². The van der Waals surface area contributed by atoms with E-state index in [1.807, 2.05) is 42.5 Å². The summed E-state index contributed by atoms with van der Waals surface area (Å²) in [6.07, 6.45) is 6.88. The number of halogens is 1. The first-order valence-corrected chi connectivity index (χ1v) is 9.68. The second kappa shape index (κ2) is 7.56.